The zero-order chi connectivity index (χ0) is 14.0. The minimum Gasteiger partial charge on any atom is -0.334 e. The number of imidazole rings is 1. The Bertz CT molecular complexity index is 524. The standard InChI is InChI=1S/C12H22N4O2S/c1-10(2)15-8-12(14-9-15)19(17,18)16-6-4-5-11(16)7-13-3/h8-11,13H,4-7H2,1-3H3/t11-/m1/s1. The summed E-state index contributed by atoms with van der Waals surface area (Å²) in [5.41, 5.74) is 0. The number of sulfonamides is 1. The van der Waals surface area contributed by atoms with E-state index in [1.165, 1.54) is 0 Å². The van der Waals surface area contributed by atoms with Crippen LogP contribution in [0.4, 0.5) is 0 Å². The lowest BCUT2D eigenvalue weighted by molar-refractivity contribution is 0.378. The van der Waals surface area contributed by atoms with Gasteiger partial charge in [0.2, 0.25) is 0 Å². The minimum atomic E-state index is -3.46. The van der Waals surface area contributed by atoms with E-state index < -0.39 is 10.0 Å². The van der Waals surface area contributed by atoms with E-state index in [0.29, 0.717) is 13.1 Å². The third-order valence-corrected chi connectivity index (χ3v) is 5.35. The van der Waals surface area contributed by atoms with Crippen molar-refractivity contribution in [2.24, 2.45) is 0 Å². The van der Waals surface area contributed by atoms with Crippen molar-refractivity contribution in [2.75, 3.05) is 20.1 Å². The molecule has 0 amide bonds. The molecule has 108 valence electrons. The van der Waals surface area contributed by atoms with Gasteiger partial charge in [-0.1, -0.05) is 0 Å². The van der Waals surface area contributed by atoms with Crippen LogP contribution >= 0.6 is 0 Å². The Kier molecular flexibility index (Phi) is 4.27. The van der Waals surface area contributed by atoms with Gasteiger partial charge in [-0.3, -0.25) is 0 Å². The number of nitrogens with one attached hydrogen (secondary N) is 1. The predicted octanol–water partition coefficient (Wildman–Crippen LogP) is 0.836. The van der Waals surface area contributed by atoms with Crippen LogP contribution in [0.2, 0.25) is 0 Å². The van der Waals surface area contributed by atoms with Gasteiger partial charge in [-0.25, -0.2) is 13.4 Å². The summed E-state index contributed by atoms with van der Waals surface area (Å²) < 4.78 is 28.6. The fourth-order valence-corrected chi connectivity index (χ4v) is 4.04. The largest absolute Gasteiger partial charge is 0.334 e. The van der Waals surface area contributed by atoms with Crippen molar-refractivity contribution in [1.82, 2.24) is 19.2 Å². The lowest BCUT2D eigenvalue weighted by Crippen LogP contribution is -2.40. The van der Waals surface area contributed by atoms with E-state index in [9.17, 15) is 8.42 Å². The molecule has 1 fully saturated rings. The summed E-state index contributed by atoms with van der Waals surface area (Å²) >= 11 is 0. The third-order valence-electron chi connectivity index (χ3n) is 3.51. The number of likely N-dealkylation sites (N-methyl/N-ethyl adjacent to an activating group) is 1. The molecule has 19 heavy (non-hydrogen) atoms. The maximum atomic E-state index is 12.6. The highest BCUT2D eigenvalue weighted by Gasteiger charge is 2.36. The lowest BCUT2D eigenvalue weighted by atomic mass is 10.2. The molecule has 7 heteroatoms. The van der Waals surface area contributed by atoms with Gasteiger partial charge in [0, 0.05) is 31.4 Å². The molecule has 2 rings (SSSR count). The lowest BCUT2D eigenvalue weighted by Gasteiger charge is -2.22. The van der Waals surface area contributed by atoms with Crippen LogP contribution in [0.15, 0.2) is 17.6 Å². The quantitative estimate of drug-likeness (QED) is 0.871. The first-order valence-corrected chi connectivity index (χ1v) is 8.10. The van der Waals surface area contributed by atoms with Crippen LogP contribution in [0.5, 0.6) is 0 Å². The van der Waals surface area contributed by atoms with E-state index in [2.05, 4.69) is 10.3 Å². The van der Waals surface area contributed by atoms with Crippen molar-refractivity contribution in [3.05, 3.63) is 12.5 Å². The molecule has 1 N–H and O–H groups in total. The Morgan fingerprint density at radius 2 is 2.26 bits per heavy atom. The maximum Gasteiger partial charge on any atom is 0.262 e. The molecule has 0 saturated carbocycles. The summed E-state index contributed by atoms with van der Waals surface area (Å²) in [7, 11) is -1.62. The van der Waals surface area contributed by atoms with Gasteiger partial charge in [-0.05, 0) is 33.7 Å². The van der Waals surface area contributed by atoms with Crippen LogP contribution in [-0.2, 0) is 10.0 Å². The number of aromatic nitrogens is 2. The Hall–Kier alpha value is -0.920. The van der Waals surface area contributed by atoms with Crippen molar-refractivity contribution in [2.45, 2.75) is 43.8 Å². The molecule has 6 nitrogen and oxygen atoms in total. The van der Waals surface area contributed by atoms with E-state index in [0.717, 1.165) is 12.8 Å². The van der Waals surface area contributed by atoms with E-state index >= 15 is 0 Å². The highest BCUT2D eigenvalue weighted by molar-refractivity contribution is 7.89. The molecule has 0 radical (unpaired) electrons. The van der Waals surface area contributed by atoms with Crippen LogP contribution < -0.4 is 5.32 Å². The molecule has 0 bridgehead atoms. The maximum absolute atomic E-state index is 12.6. The predicted molar refractivity (Wildman–Crippen MR) is 73.5 cm³/mol. The molecule has 1 atom stereocenters. The normalized spacial score (nSPS) is 21.4. The molecule has 1 aromatic rings. The van der Waals surface area contributed by atoms with Crippen LogP contribution in [-0.4, -0.2) is 48.5 Å². The van der Waals surface area contributed by atoms with Gasteiger partial charge < -0.3 is 9.88 Å². The van der Waals surface area contributed by atoms with Gasteiger partial charge in [0.25, 0.3) is 10.0 Å². The van der Waals surface area contributed by atoms with Gasteiger partial charge in [0.1, 0.15) is 0 Å². The smallest absolute Gasteiger partial charge is 0.262 e. The van der Waals surface area contributed by atoms with E-state index in [1.807, 2.05) is 25.5 Å². The number of nitrogens with zero attached hydrogens (tertiary/aromatic N) is 3. The molecule has 0 aromatic carbocycles. The number of rotatable bonds is 5. The zero-order valence-electron chi connectivity index (χ0n) is 11.7. The van der Waals surface area contributed by atoms with Gasteiger partial charge in [0.05, 0.1) is 6.33 Å². The Morgan fingerprint density at radius 1 is 1.53 bits per heavy atom. The fraction of sp³-hybridized carbons (Fsp3) is 0.750. The molecule has 0 unspecified atom stereocenters. The van der Waals surface area contributed by atoms with Crippen LogP contribution in [0, 0.1) is 0 Å². The van der Waals surface area contributed by atoms with Crippen molar-refractivity contribution in [3.8, 4) is 0 Å². The van der Waals surface area contributed by atoms with E-state index in [1.54, 1.807) is 16.8 Å². The molecule has 1 aliphatic rings. The fourth-order valence-electron chi connectivity index (χ4n) is 2.42. The Morgan fingerprint density at radius 3 is 2.84 bits per heavy atom. The second kappa shape index (κ2) is 5.60. The zero-order valence-corrected chi connectivity index (χ0v) is 12.5. The molecule has 1 aliphatic heterocycles. The van der Waals surface area contributed by atoms with Gasteiger partial charge in [-0.2, -0.15) is 4.31 Å². The average Bonchev–Trinajstić information content (AvgIpc) is 2.97. The highest BCUT2D eigenvalue weighted by atomic mass is 32.2. The van der Waals surface area contributed by atoms with Gasteiger partial charge in [-0.15, -0.1) is 0 Å². The summed E-state index contributed by atoms with van der Waals surface area (Å²) in [6, 6.07) is 0.252. The summed E-state index contributed by atoms with van der Waals surface area (Å²) in [4.78, 5) is 4.06. The summed E-state index contributed by atoms with van der Waals surface area (Å²) in [5.74, 6) is 0. The van der Waals surface area contributed by atoms with Crippen molar-refractivity contribution < 1.29 is 8.42 Å². The molecule has 1 saturated heterocycles. The van der Waals surface area contributed by atoms with Crippen LogP contribution in [0.3, 0.4) is 0 Å². The van der Waals surface area contributed by atoms with Crippen molar-refractivity contribution in [1.29, 1.82) is 0 Å². The Balaban J connectivity index is 2.25. The topological polar surface area (TPSA) is 67.2 Å². The monoisotopic (exact) mass is 286 g/mol. The van der Waals surface area contributed by atoms with E-state index in [4.69, 9.17) is 0 Å². The van der Waals surface area contributed by atoms with Crippen molar-refractivity contribution in [3.63, 3.8) is 0 Å². The molecule has 0 aliphatic carbocycles. The SMILES string of the molecule is CNC[C@H]1CCCN1S(=O)(=O)c1cn(C(C)C)cn1. The average molecular weight is 286 g/mol. The molecule has 1 aromatic heterocycles. The first kappa shape index (κ1) is 14.5. The molecule has 2 heterocycles. The number of hydrogen-bond donors (Lipinski definition) is 1. The van der Waals surface area contributed by atoms with Crippen LogP contribution in [0.25, 0.3) is 0 Å². The third kappa shape index (κ3) is 2.82. The second-order valence-corrected chi connectivity index (χ2v) is 7.06. The van der Waals surface area contributed by atoms with E-state index in [-0.39, 0.29) is 17.1 Å². The molecular formula is C12H22N4O2S. The van der Waals surface area contributed by atoms with Gasteiger partial charge >= 0.3 is 0 Å². The molecular weight excluding hydrogens is 264 g/mol. The summed E-state index contributed by atoms with van der Waals surface area (Å²) in [6.45, 7) is 5.27. The molecule has 0 spiro atoms. The summed E-state index contributed by atoms with van der Waals surface area (Å²) in [6.07, 6.45) is 5.02. The minimum absolute atomic E-state index is 0.0409. The van der Waals surface area contributed by atoms with Crippen LogP contribution in [0.1, 0.15) is 32.7 Å². The first-order valence-electron chi connectivity index (χ1n) is 6.66. The first-order chi connectivity index (χ1) is 8.96. The number of hydrogen-bond acceptors (Lipinski definition) is 4. The van der Waals surface area contributed by atoms with Gasteiger partial charge in [0.15, 0.2) is 5.03 Å². The summed E-state index contributed by atoms with van der Waals surface area (Å²) in [5, 5.41) is 3.21. The van der Waals surface area contributed by atoms with Crippen molar-refractivity contribution >= 4 is 10.0 Å². The Labute approximate surface area is 114 Å². The highest BCUT2D eigenvalue weighted by Crippen LogP contribution is 2.25. The second-order valence-electron chi connectivity index (χ2n) is 5.22.